The molecule has 0 aliphatic heterocycles. The summed E-state index contributed by atoms with van der Waals surface area (Å²) in [4.78, 5) is 4.10. The van der Waals surface area contributed by atoms with E-state index < -0.39 is 0 Å². The highest BCUT2D eigenvalue weighted by molar-refractivity contribution is 9.10. The van der Waals surface area contributed by atoms with Gasteiger partial charge in [-0.25, -0.2) is 4.98 Å². The summed E-state index contributed by atoms with van der Waals surface area (Å²) in [5, 5.41) is 8.91. The zero-order valence-corrected chi connectivity index (χ0v) is 8.98. The number of nitrogens with zero attached hydrogens (tertiary/aromatic N) is 2. The first-order chi connectivity index (χ1) is 6.72. The number of rotatable bonds is 2. The van der Waals surface area contributed by atoms with Crippen LogP contribution in [0.2, 0.25) is 0 Å². The van der Waals surface area contributed by atoms with Crippen LogP contribution < -0.4 is 5.73 Å². The third-order valence-electron chi connectivity index (χ3n) is 2.14. The second-order valence-corrected chi connectivity index (χ2v) is 3.78. The summed E-state index contributed by atoms with van der Waals surface area (Å²) in [5.41, 5.74) is 7.57. The molecule has 5 heteroatoms. The van der Waals surface area contributed by atoms with Crippen LogP contribution in [0.3, 0.4) is 0 Å². The predicted octanol–water partition coefficient (Wildman–Crippen LogP) is 1.09. The maximum absolute atomic E-state index is 8.91. The van der Waals surface area contributed by atoms with E-state index in [2.05, 4.69) is 20.9 Å². The summed E-state index contributed by atoms with van der Waals surface area (Å²) in [6.45, 7) is -0.0501. The molecular weight excluding hydrogens is 246 g/mol. The number of nitrogens with two attached hydrogens (primary N) is 1. The topological polar surface area (TPSA) is 63.5 Å². The molecule has 0 aliphatic carbocycles. The van der Waals surface area contributed by atoms with Crippen molar-refractivity contribution >= 4 is 21.4 Å². The van der Waals surface area contributed by atoms with Crippen molar-refractivity contribution in [2.24, 2.45) is 5.73 Å². The molecule has 2 rings (SSSR count). The summed E-state index contributed by atoms with van der Waals surface area (Å²) in [5.74, 6) is 0. The van der Waals surface area contributed by atoms with E-state index >= 15 is 0 Å². The first-order valence-electron chi connectivity index (χ1n) is 4.21. The number of aromatic nitrogens is 2. The van der Waals surface area contributed by atoms with E-state index in [1.807, 2.05) is 22.7 Å². The summed E-state index contributed by atoms with van der Waals surface area (Å²) < 4.78 is 2.66. The molecule has 0 bridgehead atoms. The Bertz CT molecular complexity index is 454. The number of aliphatic hydroxyl groups is 1. The smallest absolute Gasteiger partial charge is 0.181 e. The maximum Gasteiger partial charge on any atom is 0.181 e. The number of hydrogen-bond donors (Lipinski definition) is 2. The molecule has 2 aromatic rings. The fraction of sp³-hybridized carbons (Fsp3) is 0.222. The van der Waals surface area contributed by atoms with E-state index in [0.717, 1.165) is 15.8 Å². The highest BCUT2D eigenvalue weighted by atomic mass is 79.9. The van der Waals surface area contributed by atoms with Crippen LogP contribution in [-0.4, -0.2) is 21.1 Å². The molecule has 14 heavy (non-hydrogen) atoms. The minimum absolute atomic E-state index is 0.0501. The highest BCUT2D eigenvalue weighted by Crippen LogP contribution is 2.16. The molecule has 1 atom stereocenters. The Labute approximate surface area is 89.5 Å². The van der Waals surface area contributed by atoms with Crippen molar-refractivity contribution in [1.29, 1.82) is 0 Å². The van der Waals surface area contributed by atoms with E-state index in [4.69, 9.17) is 10.8 Å². The van der Waals surface area contributed by atoms with Gasteiger partial charge in [-0.1, -0.05) is 0 Å². The van der Waals surface area contributed by atoms with Crippen molar-refractivity contribution in [2.45, 2.75) is 6.04 Å². The number of aliphatic hydroxyl groups excluding tert-OH is 1. The lowest BCUT2D eigenvalue weighted by molar-refractivity contribution is 0.268. The van der Waals surface area contributed by atoms with Crippen LogP contribution >= 0.6 is 15.9 Å². The van der Waals surface area contributed by atoms with E-state index in [9.17, 15) is 0 Å². The fourth-order valence-electron chi connectivity index (χ4n) is 1.32. The SMILES string of the molecule is NC(CO)c1ccn2c(Br)ncc2c1. The highest BCUT2D eigenvalue weighted by Gasteiger charge is 2.06. The van der Waals surface area contributed by atoms with Crippen LogP contribution in [0, 0.1) is 0 Å². The van der Waals surface area contributed by atoms with Gasteiger partial charge in [0, 0.05) is 6.20 Å². The summed E-state index contributed by atoms with van der Waals surface area (Å²) in [7, 11) is 0. The van der Waals surface area contributed by atoms with Crippen molar-refractivity contribution < 1.29 is 5.11 Å². The van der Waals surface area contributed by atoms with Gasteiger partial charge in [-0.2, -0.15) is 0 Å². The number of halogens is 1. The molecule has 0 radical (unpaired) electrons. The Morgan fingerprint density at radius 2 is 2.43 bits per heavy atom. The van der Waals surface area contributed by atoms with Crippen molar-refractivity contribution in [2.75, 3.05) is 6.61 Å². The van der Waals surface area contributed by atoms with Gasteiger partial charge < -0.3 is 10.8 Å². The number of pyridine rings is 1. The van der Waals surface area contributed by atoms with Gasteiger partial charge in [0.2, 0.25) is 0 Å². The zero-order valence-electron chi connectivity index (χ0n) is 7.39. The first-order valence-corrected chi connectivity index (χ1v) is 5.00. The molecule has 74 valence electrons. The lowest BCUT2D eigenvalue weighted by Crippen LogP contribution is -2.14. The molecule has 2 aromatic heterocycles. The van der Waals surface area contributed by atoms with Crippen LogP contribution in [0.4, 0.5) is 0 Å². The van der Waals surface area contributed by atoms with Crippen LogP contribution in [0.25, 0.3) is 5.52 Å². The average molecular weight is 256 g/mol. The molecule has 0 aliphatic rings. The standard InChI is InChI=1S/C9H10BrN3O/c10-9-12-4-7-3-6(8(11)5-14)1-2-13(7)9/h1-4,8,14H,5,11H2. The monoisotopic (exact) mass is 255 g/mol. The molecule has 4 nitrogen and oxygen atoms in total. The normalized spacial score (nSPS) is 13.4. The van der Waals surface area contributed by atoms with Crippen LogP contribution in [0.15, 0.2) is 29.3 Å². The third-order valence-corrected chi connectivity index (χ3v) is 2.72. The van der Waals surface area contributed by atoms with E-state index in [-0.39, 0.29) is 12.6 Å². The van der Waals surface area contributed by atoms with Crippen molar-refractivity contribution in [3.63, 3.8) is 0 Å². The van der Waals surface area contributed by atoms with Gasteiger partial charge in [0.25, 0.3) is 0 Å². The number of imidazole rings is 1. The Morgan fingerprint density at radius 1 is 1.64 bits per heavy atom. The number of fused-ring (bicyclic) bond motifs is 1. The minimum atomic E-state index is -0.325. The molecule has 0 aromatic carbocycles. The molecule has 0 amide bonds. The van der Waals surface area contributed by atoms with Crippen LogP contribution in [-0.2, 0) is 0 Å². The third kappa shape index (κ3) is 1.54. The molecular formula is C9H10BrN3O. The quantitative estimate of drug-likeness (QED) is 0.845. The molecule has 0 saturated heterocycles. The van der Waals surface area contributed by atoms with Gasteiger partial charge >= 0.3 is 0 Å². The average Bonchev–Trinajstić information content (AvgIpc) is 2.59. The van der Waals surface area contributed by atoms with E-state index in [0.29, 0.717) is 0 Å². The van der Waals surface area contributed by atoms with Crippen molar-refractivity contribution in [3.05, 3.63) is 34.8 Å². The Kier molecular flexibility index (Phi) is 2.54. The molecule has 0 spiro atoms. The molecule has 2 heterocycles. The zero-order chi connectivity index (χ0) is 10.1. The van der Waals surface area contributed by atoms with E-state index in [1.54, 1.807) is 6.20 Å². The lowest BCUT2D eigenvalue weighted by atomic mass is 10.1. The molecule has 1 unspecified atom stereocenters. The second-order valence-electron chi connectivity index (χ2n) is 3.07. The largest absolute Gasteiger partial charge is 0.394 e. The Morgan fingerprint density at radius 3 is 3.14 bits per heavy atom. The van der Waals surface area contributed by atoms with Crippen molar-refractivity contribution in [1.82, 2.24) is 9.38 Å². The van der Waals surface area contributed by atoms with Gasteiger partial charge in [-0.05, 0) is 33.6 Å². The second kappa shape index (κ2) is 3.68. The molecule has 0 fully saturated rings. The predicted molar refractivity (Wildman–Crippen MR) is 56.9 cm³/mol. The number of hydrogen-bond acceptors (Lipinski definition) is 3. The van der Waals surface area contributed by atoms with Gasteiger partial charge in [0.1, 0.15) is 0 Å². The summed E-state index contributed by atoms with van der Waals surface area (Å²) in [6.07, 6.45) is 3.62. The van der Waals surface area contributed by atoms with Gasteiger partial charge in [-0.3, -0.25) is 4.40 Å². The van der Waals surface area contributed by atoms with Gasteiger partial charge in [-0.15, -0.1) is 0 Å². The van der Waals surface area contributed by atoms with Crippen LogP contribution in [0.1, 0.15) is 11.6 Å². The lowest BCUT2D eigenvalue weighted by Gasteiger charge is -2.08. The van der Waals surface area contributed by atoms with Crippen molar-refractivity contribution in [3.8, 4) is 0 Å². The van der Waals surface area contributed by atoms with Gasteiger partial charge in [0.15, 0.2) is 4.73 Å². The first kappa shape index (κ1) is 9.64. The summed E-state index contributed by atoms with van der Waals surface area (Å²) >= 11 is 3.32. The maximum atomic E-state index is 8.91. The summed E-state index contributed by atoms with van der Waals surface area (Å²) in [6, 6.07) is 3.47. The fourth-order valence-corrected chi connectivity index (χ4v) is 1.75. The Hall–Kier alpha value is -0.910. The van der Waals surface area contributed by atoms with Gasteiger partial charge in [0.05, 0.1) is 24.4 Å². The minimum Gasteiger partial charge on any atom is -0.394 e. The van der Waals surface area contributed by atoms with Crippen LogP contribution in [0.5, 0.6) is 0 Å². The molecule has 3 N–H and O–H groups in total. The van der Waals surface area contributed by atoms with E-state index in [1.165, 1.54) is 0 Å². The molecule has 0 saturated carbocycles. The Balaban J connectivity index is 2.52.